The molecule has 0 unspecified atom stereocenters. The fourth-order valence-corrected chi connectivity index (χ4v) is 1.20. The Morgan fingerprint density at radius 2 is 1.78 bits per heavy atom. The molecule has 0 spiro atoms. The number of aromatic nitrogens is 5. The van der Waals surface area contributed by atoms with Crippen molar-refractivity contribution in [3.63, 3.8) is 0 Å². The van der Waals surface area contributed by atoms with Gasteiger partial charge in [-0.05, 0) is 9.85 Å². The molecule has 0 bridgehead atoms. The molecule has 18 heavy (non-hydrogen) atoms. The van der Waals surface area contributed by atoms with Gasteiger partial charge in [0.2, 0.25) is 5.69 Å². The van der Waals surface area contributed by atoms with Crippen molar-refractivity contribution in [3.05, 3.63) is 32.9 Å². The third-order valence-electron chi connectivity index (χ3n) is 1.89. The molecule has 0 aliphatic rings. The summed E-state index contributed by atoms with van der Waals surface area (Å²) < 4.78 is 0.579. The van der Waals surface area contributed by atoms with Crippen LogP contribution in [0.4, 0.5) is 17.3 Å². The fourth-order valence-electron chi connectivity index (χ4n) is 1.20. The maximum atomic E-state index is 10.8. The van der Waals surface area contributed by atoms with Gasteiger partial charge in [-0.15, -0.1) is 0 Å². The summed E-state index contributed by atoms with van der Waals surface area (Å²) in [5, 5.41) is 24.8. The minimum absolute atomic E-state index is 0.239. The smallest absolute Gasteiger partial charge is 0.385 e. The highest BCUT2D eigenvalue weighted by Crippen LogP contribution is 2.31. The summed E-state index contributed by atoms with van der Waals surface area (Å²) in [5.41, 5.74) is 4.64. The first-order valence-corrected chi connectivity index (χ1v) is 4.32. The maximum absolute atomic E-state index is 10.8. The lowest BCUT2D eigenvalue weighted by Gasteiger charge is -1.93. The van der Waals surface area contributed by atoms with Gasteiger partial charge in [0.25, 0.3) is 0 Å². The number of nitrogen functional groups attached to an aromatic ring is 1. The van der Waals surface area contributed by atoms with Gasteiger partial charge in [-0.3, -0.25) is 0 Å². The molecule has 2 N–H and O–H groups in total. The van der Waals surface area contributed by atoms with Crippen LogP contribution in [-0.2, 0) is 0 Å². The fraction of sp³-hybridized carbons (Fsp3) is 0. The Morgan fingerprint density at radius 3 is 2.28 bits per heavy atom. The van der Waals surface area contributed by atoms with Gasteiger partial charge in [0.1, 0.15) is 12.7 Å². The van der Waals surface area contributed by atoms with Crippen LogP contribution in [-0.4, -0.2) is 34.6 Å². The third kappa shape index (κ3) is 1.66. The molecule has 2 aromatic heterocycles. The first kappa shape index (κ1) is 11.3. The number of anilines is 1. The van der Waals surface area contributed by atoms with Crippen molar-refractivity contribution in [2.24, 2.45) is 0 Å². The lowest BCUT2D eigenvalue weighted by Crippen LogP contribution is -2.07. The summed E-state index contributed by atoms with van der Waals surface area (Å²) in [7, 11) is 0. The van der Waals surface area contributed by atoms with Crippen LogP contribution in [0.5, 0.6) is 0 Å². The second-order valence-corrected chi connectivity index (χ2v) is 2.93. The van der Waals surface area contributed by atoms with Gasteiger partial charge in [0.05, 0.1) is 0 Å². The molecule has 12 heteroatoms. The molecule has 2 heterocycles. The largest absolute Gasteiger partial charge is 0.444 e. The molecule has 0 aliphatic carbocycles. The number of hydrogen-bond donors (Lipinski definition) is 1. The van der Waals surface area contributed by atoms with Crippen molar-refractivity contribution >= 4 is 17.3 Å². The third-order valence-corrected chi connectivity index (χ3v) is 1.89. The summed E-state index contributed by atoms with van der Waals surface area (Å²) >= 11 is 0. The molecule has 0 atom stereocenters. The first-order valence-electron chi connectivity index (χ1n) is 4.32. The minimum atomic E-state index is -0.931. The molecule has 0 aliphatic heterocycles. The quantitative estimate of drug-likeness (QED) is 0.556. The SMILES string of the molecule is Nc1c([N+](=O)[O-])nn(-c2ncncn2)c1[N+](=O)[O-]. The second kappa shape index (κ2) is 4.00. The Labute approximate surface area is 97.4 Å². The number of nitrogens with two attached hydrogens (primary N) is 1. The highest BCUT2D eigenvalue weighted by atomic mass is 16.6. The molecule has 12 nitrogen and oxygen atoms in total. The van der Waals surface area contributed by atoms with Crippen LogP contribution in [0.2, 0.25) is 0 Å². The zero-order chi connectivity index (χ0) is 13.3. The van der Waals surface area contributed by atoms with Gasteiger partial charge in [0, 0.05) is 4.68 Å². The van der Waals surface area contributed by atoms with Crippen LogP contribution in [0.15, 0.2) is 12.7 Å². The van der Waals surface area contributed by atoms with Crippen LogP contribution in [0.3, 0.4) is 0 Å². The molecule has 2 aromatic rings. The first-order chi connectivity index (χ1) is 8.52. The van der Waals surface area contributed by atoms with Gasteiger partial charge >= 0.3 is 17.6 Å². The van der Waals surface area contributed by atoms with Crippen molar-refractivity contribution in [2.75, 3.05) is 5.73 Å². The van der Waals surface area contributed by atoms with E-state index in [2.05, 4.69) is 20.1 Å². The van der Waals surface area contributed by atoms with Crippen molar-refractivity contribution in [1.29, 1.82) is 0 Å². The Hall–Kier alpha value is -3.18. The van der Waals surface area contributed by atoms with Gasteiger partial charge in [-0.25, -0.2) is 4.98 Å². The number of nitro groups is 2. The Morgan fingerprint density at radius 1 is 1.17 bits per heavy atom. The van der Waals surface area contributed by atoms with Crippen molar-refractivity contribution in [1.82, 2.24) is 24.7 Å². The van der Waals surface area contributed by atoms with E-state index in [-0.39, 0.29) is 5.95 Å². The van der Waals surface area contributed by atoms with E-state index in [0.717, 1.165) is 12.7 Å². The summed E-state index contributed by atoms with van der Waals surface area (Å²) in [6, 6.07) is 0. The topological polar surface area (TPSA) is 169 Å². The van der Waals surface area contributed by atoms with Gasteiger partial charge in [-0.2, -0.15) is 9.97 Å². The van der Waals surface area contributed by atoms with E-state index in [0.29, 0.717) is 4.68 Å². The molecule has 0 radical (unpaired) electrons. The van der Waals surface area contributed by atoms with Crippen molar-refractivity contribution < 1.29 is 9.85 Å². The van der Waals surface area contributed by atoms with E-state index < -0.39 is 27.2 Å². The zero-order valence-electron chi connectivity index (χ0n) is 8.50. The molecule has 92 valence electrons. The molecule has 0 fully saturated rings. The number of hydrogen-bond acceptors (Lipinski definition) is 9. The monoisotopic (exact) mass is 252 g/mol. The highest BCUT2D eigenvalue weighted by Gasteiger charge is 2.37. The molecule has 2 rings (SSSR count). The predicted octanol–water partition coefficient (Wildman–Crippen LogP) is -0.544. The summed E-state index contributed by atoms with van der Waals surface area (Å²) in [6.07, 6.45) is 2.13. The minimum Gasteiger partial charge on any atom is -0.385 e. The molecule has 0 aromatic carbocycles. The molecule has 0 saturated heterocycles. The van der Waals surface area contributed by atoms with E-state index in [4.69, 9.17) is 5.73 Å². The van der Waals surface area contributed by atoms with Crippen LogP contribution in [0, 0.1) is 20.2 Å². The normalized spacial score (nSPS) is 10.2. The second-order valence-electron chi connectivity index (χ2n) is 2.93. The van der Waals surface area contributed by atoms with E-state index in [1.807, 2.05) is 0 Å². The van der Waals surface area contributed by atoms with Crippen LogP contribution >= 0.6 is 0 Å². The van der Waals surface area contributed by atoms with Crippen LogP contribution < -0.4 is 5.73 Å². The van der Waals surface area contributed by atoms with Crippen molar-refractivity contribution in [2.45, 2.75) is 0 Å². The average Bonchev–Trinajstić information content (AvgIpc) is 2.68. The summed E-state index contributed by atoms with van der Waals surface area (Å²) in [5.74, 6) is -1.84. The lowest BCUT2D eigenvalue weighted by molar-refractivity contribution is -0.392. The Kier molecular flexibility index (Phi) is 2.52. The van der Waals surface area contributed by atoms with Gasteiger partial charge in [-0.1, -0.05) is 0 Å². The molecule has 0 amide bonds. The molecule has 0 saturated carbocycles. The van der Waals surface area contributed by atoms with E-state index in [9.17, 15) is 20.2 Å². The zero-order valence-corrected chi connectivity index (χ0v) is 8.50. The van der Waals surface area contributed by atoms with Crippen LogP contribution in [0.25, 0.3) is 5.95 Å². The van der Waals surface area contributed by atoms with E-state index in [1.165, 1.54) is 0 Å². The Balaban J connectivity index is 2.71. The predicted molar refractivity (Wildman–Crippen MR) is 54.7 cm³/mol. The summed E-state index contributed by atoms with van der Waals surface area (Å²) in [6.45, 7) is 0. The standard InChI is InChI=1S/C6H4N8O4/c7-3-4(13(15)16)11-12(5(3)14(17)18)6-9-1-8-2-10-6/h1-2H,7H2. The van der Waals surface area contributed by atoms with E-state index in [1.54, 1.807) is 0 Å². The van der Waals surface area contributed by atoms with E-state index >= 15 is 0 Å². The highest BCUT2D eigenvalue weighted by molar-refractivity contribution is 5.66. The molecular weight excluding hydrogens is 248 g/mol. The lowest BCUT2D eigenvalue weighted by atomic mass is 10.5. The Bertz CT molecular complexity index is 622. The average molecular weight is 252 g/mol. The number of rotatable bonds is 3. The maximum Gasteiger partial charge on any atom is 0.444 e. The molecular formula is C6H4N8O4. The van der Waals surface area contributed by atoms with Gasteiger partial charge in [0.15, 0.2) is 5.10 Å². The summed E-state index contributed by atoms with van der Waals surface area (Å²) in [4.78, 5) is 30.3. The van der Waals surface area contributed by atoms with Crippen LogP contribution in [0.1, 0.15) is 0 Å². The van der Waals surface area contributed by atoms with Crippen molar-refractivity contribution in [3.8, 4) is 5.95 Å². The number of nitrogens with zero attached hydrogens (tertiary/aromatic N) is 7. The van der Waals surface area contributed by atoms with Gasteiger partial charge < -0.3 is 26.0 Å².